The molecule has 1 fully saturated rings. The van der Waals surface area contributed by atoms with Crippen LogP contribution in [0.1, 0.15) is 27.7 Å². The molecule has 118 valence electrons. The molecule has 2 rings (SSSR count). The van der Waals surface area contributed by atoms with E-state index in [-0.39, 0.29) is 11.2 Å². The number of carbonyl (C=O) groups is 1. The van der Waals surface area contributed by atoms with Crippen LogP contribution in [0, 0.1) is 5.41 Å². The third-order valence-corrected chi connectivity index (χ3v) is 4.44. The second-order valence-electron chi connectivity index (χ2n) is 6.09. The number of carbonyl (C=O) groups excluding carboxylic acids is 1. The van der Waals surface area contributed by atoms with E-state index < -0.39 is 0 Å². The van der Waals surface area contributed by atoms with Crippen LogP contribution in [0.4, 0.5) is 5.95 Å². The van der Waals surface area contributed by atoms with Crippen LogP contribution in [0.25, 0.3) is 0 Å². The Labute approximate surface area is 130 Å². The molecule has 1 aromatic heterocycles. The van der Waals surface area contributed by atoms with E-state index in [9.17, 15) is 4.79 Å². The van der Waals surface area contributed by atoms with Gasteiger partial charge in [-0.1, -0.05) is 32.5 Å². The van der Waals surface area contributed by atoms with E-state index in [2.05, 4.69) is 26.6 Å². The highest BCUT2D eigenvalue weighted by molar-refractivity contribution is 7.99. The molecule has 1 aliphatic heterocycles. The normalized spacial score (nSPS) is 16.3. The largest absolute Gasteiger partial charge is 0.378 e. The molecule has 1 aromatic rings. The monoisotopic (exact) mass is 312 g/mol. The van der Waals surface area contributed by atoms with Crippen LogP contribution < -0.4 is 4.90 Å². The summed E-state index contributed by atoms with van der Waals surface area (Å²) in [6.07, 6.45) is 0. The average Bonchev–Trinajstić information content (AvgIpc) is 2.87. The summed E-state index contributed by atoms with van der Waals surface area (Å²) < 4.78 is 7.44. The Balaban J connectivity index is 2.07. The molecule has 6 nitrogen and oxygen atoms in total. The van der Waals surface area contributed by atoms with E-state index in [0.29, 0.717) is 5.75 Å². The maximum Gasteiger partial charge on any atom is 0.228 e. The van der Waals surface area contributed by atoms with Crippen molar-refractivity contribution >= 4 is 23.5 Å². The van der Waals surface area contributed by atoms with Crippen LogP contribution in [0.2, 0.25) is 0 Å². The van der Waals surface area contributed by atoms with Gasteiger partial charge in [-0.25, -0.2) is 0 Å². The van der Waals surface area contributed by atoms with Gasteiger partial charge in [0, 0.05) is 25.0 Å². The van der Waals surface area contributed by atoms with Gasteiger partial charge >= 0.3 is 0 Å². The summed E-state index contributed by atoms with van der Waals surface area (Å²) in [6, 6.07) is 0. The third-order valence-electron chi connectivity index (χ3n) is 3.48. The first-order valence-electron chi connectivity index (χ1n) is 7.35. The lowest BCUT2D eigenvalue weighted by Gasteiger charge is -2.27. The van der Waals surface area contributed by atoms with Gasteiger partial charge in [-0.15, -0.1) is 10.2 Å². The Bertz CT molecular complexity index is 490. The lowest BCUT2D eigenvalue weighted by Crippen LogP contribution is -2.38. The third kappa shape index (κ3) is 3.97. The molecule has 7 heteroatoms. The number of thioether (sulfide) groups is 1. The molecule has 0 spiro atoms. The molecule has 0 bridgehead atoms. The fourth-order valence-corrected chi connectivity index (χ4v) is 3.17. The number of ether oxygens (including phenoxy) is 1. The highest BCUT2D eigenvalue weighted by Gasteiger charge is 2.24. The summed E-state index contributed by atoms with van der Waals surface area (Å²) in [5.41, 5.74) is -0.308. The number of morpholine rings is 1. The molecule has 0 radical (unpaired) electrons. The molecule has 0 aliphatic carbocycles. The summed E-state index contributed by atoms with van der Waals surface area (Å²) in [7, 11) is 0. The molecule has 1 saturated heterocycles. The zero-order valence-electron chi connectivity index (χ0n) is 13.3. The standard InChI is InChI=1S/C14H24N4O2S/c1-5-18-12(17-6-8-20-9-7-17)15-16-13(18)21-10-11(19)14(2,3)4/h5-10H2,1-4H3. The topological polar surface area (TPSA) is 60.2 Å². The van der Waals surface area contributed by atoms with Crippen molar-refractivity contribution in [2.24, 2.45) is 5.41 Å². The number of ketones is 1. The Hall–Kier alpha value is -1.08. The zero-order chi connectivity index (χ0) is 15.5. The van der Waals surface area contributed by atoms with Gasteiger partial charge in [0.1, 0.15) is 5.78 Å². The highest BCUT2D eigenvalue weighted by atomic mass is 32.2. The minimum Gasteiger partial charge on any atom is -0.378 e. The van der Waals surface area contributed by atoms with Crippen LogP contribution in [-0.2, 0) is 16.1 Å². The van der Waals surface area contributed by atoms with Crippen LogP contribution in [-0.4, -0.2) is 52.6 Å². The van der Waals surface area contributed by atoms with Crippen molar-refractivity contribution in [2.45, 2.75) is 39.4 Å². The number of aromatic nitrogens is 3. The van der Waals surface area contributed by atoms with Crippen molar-refractivity contribution in [3.05, 3.63) is 0 Å². The molecule has 1 aliphatic rings. The maximum atomic E-state index is 12.0. The Morgan fingerprint density at radius 1 is 1.29 bits per heavy atom. The first-order valence-corrected chi connectivity index (χ1v) is 8.34. The number of hydrogen-bond acceptors (Lipinski definition) is 6. The SMILES string of the molecule is CCn1c(SCC(=O)C(C)(C)C)nnc1N1CCOCC1. The molecule has 2 heterocycles. The lowest BCUT2D eigenvalue weighted by molar-refractivity contribution is -0.123. The smallest absolute Gasteiger partial charge is 0.228 e. The first-order chi connectivity index (χ1) is 9.93. The fraction of sp³-hybridized carbons (Fsp3) is 0.786. The van der Waals surface area contributed by atoms with Crippen molar-refractivity contribution in [3.8, 4) is 0 Å². The average molecular weight is 312 g/mol. The van der Waals surface area contributed by atoms with Gasteiger partial charge in [-0.2, -0.15) is 0 Å². The van der Waals surface area contributed by atoms with Gasteiger partial charge in [0.25, 0.3) is 0 Å². The van der Waals surface area contributed by atoms with E-state index in [1.165, 1.54) is 11.8 Å². The zero-order valence-corrected chi connectivity index (χ0v) is 14.1. The van der Waals surface area contributed by atoms with Crippen molar-refractivity contribution < 1.29 is 9.53 Å². The van der Waals surface area contributed by atoms with Crippen molar-refractivity contribution in [1.29, 1.82) is 0 Å². The quantitative estimate of drug-likeness (QED) is 0.773. The predicted molar refractivity (Wildman–Crippen MR) is 83.9 cm³/mol. The molecular formula is C14H24N4O2S. The summed E-state index contributed by atoms with van der Waals surface area (Å²) in [4.78, 5) is 14.2. The molecule has 0 N–H and O–H groups in total. The van der Waals surface area contributed by atoms with Crippen molar-refractivity contribution in [3.63, 3.8) is 0 Å². The molecule has 21 heavy (non-hydrogen) atoms. The Morgan fingerprint density at radius 2 is 1.95 bits per heavy atom. The number of anilines is 1. The van der Waals surface area contributed by atoms with Crippen LogP contribution in [0.5, 0.6) is 0 Å². The maximum absolute atomic E-state index is 12.0. The minimum absolute atomic E-state index is 0.228. The van der Waals surface area contributed by atoms with Gasteiger partial charge in [-0.05, 0) is 6.92 Å². The first kappa shape index (κ1) is 16.3. The predicted octanol–water partition coefficient (Wildman–Crippen LogP) is 1.84. The van der Waals surface area contributed by atoms with Gasteiger partial charge < -0.3 is 9.64 Å². The van der Waals surface area contributed by atoms with E-state index in [1.807, 2.05) is 20.8 Å². The number of hydrogen-bond donors (Lipinski definition) is 0. The highest BCUT2D eigenvalue weighted by Crippen LogP contribution is 2.25. The van der Waals surface area contributed by atoms with E-state index in [1.54, 1.807) is 0 Å². The van der Waals surface area contributed by atoms with Gasteiger partial charge in [-0.3, -0.25) is 9.36 Å². The second-order valence-corrected chi connectivity index (χ2v) is 7.03. The minimum atomic E-state index is -0.308. The number of rotatable bonds is 5. The molecule has 0 amide bonds. The van der Waals surface area contributed by atoms with Crippen LogP contribution in [0.15, 0.2) is 5.16 Å². The van der Waals surface area contributed by atoms with Gasteiger partial charge in [0.05, 0.1) is 19.0 Å². The summed E-state index contributed by atoms with van der Waals surface area (Å²) >= 11 is 1.47. The van der Waals surface area contributed by atoms with Crippen LogP contribution in [0.3, 0.4) is 0 Å². The van der Waals surface area contributed by atoms with E-state index in [4.69, 9.17) is 4.74 Å². The van der Waals surface area contributed by atoms with Gasteiger partial charge in [0.2, 0.25) is 5.95 Å². The van der Waals surface area contributed by atoms with E-state index >= 15 is 0 Å². The van der Waals surface area contributed by atoms with Gasteiger partial charge in [0.15, 0.2) is 5.16 Å². The Kier molecular flexibility index (Phi) is 5.27. The molecule has 0 atom stereocenters. The summed E-state index contributed by atoms with van der Waals surface area (Å²) in [5.74, 6) is 1.54. The van der Waals surface area contributed by atoms with Crippen LogP contribution >= 0.6 is 11.8 Å². The second kappa shape index (κ2) is 6.79. The molecule has 0 saturated carbocycles. The lowest BCUT2D eigenvalue weighted by atomic mass is 9.92. The van der Waals surface area contributed by atoms with Crippen molar-refractivity contribution in [1.82, 2.24) is 14.8 Å². The summed E-state index contributed by atoms with van der Waals surface area (Å²) in [5, 5.41) is 9.38. The number of nitrogens with zero attached hydrogens (tertiary/aromatic N) is 4. The van der Waals surface area contributed by atoms with E-state index in [0.717, 1.165) is 44.0 Å². The van der Waals surface area contributed by atoms with Crippen molar-refractivity contribution in [2.75, 3.05) is 37.0 Å². The summed E-state index contributed by atoms with van der Waals surface area (Å²) in [6.45, 7) is 11.8. The number of Topliss-reactive ketones (excluding diaryl/α,β-unsaturated/α-hetero) is 1. The Morgan fingerprint density at radius 3 is 2.52 bits per heavy atom. The molecule has 0 unspecified atom stereocenters. The fourth-order valence-electron chi connectivity index (χ4n) is 2.01. The molecular weight excluding hydrogens is 288 g/mol. The molecule has 0 aromatic carbocycles.